The molecule has 1 aliphatic carbocycles. The molecule has 2 rings (SSSR count). The van der Waals surface area contributed by atoms with Crippen LogP contribution in [0.2, 0.25) is 5.02 Å². The van der Waals surface area contributed by atoms with Crippen molar-refractivity contribution in [2.45, 2.75) is 17.4 Å². The van der Waals surface area contributed by atoms with Crippen LogP contribution in [-0.2, 0) is 15.1 Å². The van der Waals surface area contributed by atoms with E-state index >= 15 is 0 Å². The zero-order chi connectivity index (χ0) is 15.5. The molecule has 2 unspecified atom stereocenters. The zero-order valence-electron chi connectivity index (χ0n) is 10.9. The van der Waals surface area contributed by atoms with Gasteiger partial charge in [-0.1, -0.05) is 41.6 Å². The lowest BCUT2D eigenvalue weighted by molar-refractivity contribution is -0.207. The lowest BCUT2D eigenvalue weighted by Gasteiger charge is -2.35. The number of halogens is 3. The molecule has 1 aromatic heterocycles. The Morgan fingerprint density at radius 3 is 2.90 bits per heavy atom. The summed E-state index contributed by atoms with van der Waals surface area (Å²) in [6.07, 6.45) is 9.49. The smallest absolute Gasteiger partial charge is 0.304 e. The van der Waals surface area contributed by atoms with Crippen LogP contribution < -0.4 is 0 Å². The maximum absolute atomic E-state index is 12.9. The Labute approximate surface area is 129 Å². The third kappa shape index (κ3) is 3.14. The third-order valence-corrected chi connectivity index (χ3v) is 3.81. The van der Waals surface area contributed by atoms with Crippen molar-refractivity contribution in [2.75, 3.05) is 6.26 Å². The molecular formula is C13H11ClF2N2O2S. The van der Waals surface area contributed by atoms with Gasteiger partial charge >= 0.3 is 6.61 Å². The van der Waals surface area contributed by atoms with Gasteiger partial charge in [-0.15, -0.1) is 0 Å². The van der Waals surface area contributed by atoms with Gasteiger partial charge in [0.05, 0.1) is 17.1 Å². The lowest BCUT2D eigenvalue weighted by Crippen LogP contribution is -2.40. The van der Waals surface area contributed by atoms with E-state index in [1.54, 1.807) is 12.3 Å². The molecule has 0 bridgehead atoms. The molecule has 0 aliphatic heterocycles. The maximum Gasteiger partial charge on any atom is 0.346 e. The monoisotopic (exact) mass is 332 g/mol. The van der Waals surface area contributed by atoms with Crippen LogP contribution in [0, 0.1) is 5.92 Å². The molecule has 0 fully saturated rings. The summed E-state index contributed by atoms with van der Waals surface area (Å²) in [7, 11) is 0. The van der Waals surface area contributed by atoms with Gasteiger partial charge in [0.25, 0.3) is 0 Å². The largest absolute Gasteiger partial charge is 0.346 e. The van der Waals surface area contributed by atoms with Crippen molar-refractivity contribution in [3.8, 4) is 0 Å². The molecule has 2 atom stereocenters. The number of ether oxygens (including phenoxy) is 1. The minimum atomic E-state index is -3.09. The summed E-state index contributed by atoms with van der Waals surface area (Å²) < 4.78 is 30.5. The van der Waals surface area contributed by atoms with Gasteiger partial charge in [-0.25, -0.2) is 9.97 Å². The second kappa shape index (κ2) is 6.64. The van der Waals surface area contributed by atoms with Gasteiger partial charge in [0.2, 0.25) is 0 Å². The average molecular weight is 333 g/mol. The highest BCUT2D eigenvalue weighted by Gasteiger charge is 2.45. The van der Waals surface area contributed by atoms with Crippen LogP contribution in [0.4, 0.5) is 8.78 Å². The van der Waals surface area contributed by atoms with Gasteiger partial charge in [0.1, 0.15) is 17.6 Å². The summed E-state index contributed by atoms with van der Waals surface area (Å²) in [6.45, 7) is -3.09. The average Bonchev–Trinajstić information content (AvgIpc) is 2.47. The van der Waals surface area contributed by atoms with E-state index in [9.17, 15) is 13.6 Å². The van der Waals surface area contributed by atoms with Gasteiger partial charge in [0.15, 0.2) is 5.16 Å². The van der Waals surface area contributed by atoms with Gasteiger partial charge in [-0.3, -0.25) is 0 Å². The third-order valence-electron chi connectivity index (χ3n) is 2.97. The quantitative estimate of drug-likeness (QED) is 0.471. The molecule has 1 heterocycles. The fourth-order valence-corrected chi connectivity index (χ4v) is 2.64. The highest BCUT2D eigenvalue weighted by Crippen LogP contribution is 2.41. The van der Waals surface area contributed by atoms with E-state index < -0.39 is 18.1 Å². The Balaban J connectivity index is 2.62. The first-order valence-electron chi connectivity index (χ1n) is 5.88. The Hall–Kier alpha value is -1.31. The number of nitrogens with zero attached hydrogens (tertiary/aromatic N) is 2. The summed E-state index contributed by atoms with van der Waals surface area (Å²) in [4.78, 5) is 19.4. The van der Waals surface area contributed by atoms with Crippen LogP contribution in [-0.4, -0.2) is 29.1 Å². The molecular weight excluding hydrogens is 322 g/mol. The number of aldehydes is 1. The molecule has 0 saturated heterocycles. The fourth-order valence-electron chi connectivity index (χ4n) is 2.06. The predicted molar refractivity (Wildman–Crippen MR) is 75.4 cm³/mol. The number of hydrogen-bond acceptors (Lipinski definition) is 5. The molecule has 0 aromatic carbocycles. The standard InChI is InChI=1S/C13H11ClF2N2O2S/c1-21-12-17-6-9(14)10(18-12)13(20-11(15)16)5-3-2-4-8(13)7-19/h2-8,11H,1H3. The minimum absolute atomic E-state index is 0.0431. The number of alkyl halides is 2. The van der Waals surface area contributed by atoms with E-state index in [0.717, 1.165) is 0 Å². The van der Waals surface area contributed by atoms with Crippen molar-refractivity contribution in [1.29, 1.82) is 0 Å². The molecule has 4 nitrogen and oxygen atoms in total. The van der Waals surface area contributed by atoms with Crippen molar-refractivity contribution in [2.24, 2.45) is 5.92 Å². The summed E-state index contributed by atoms with van der Waals surface area (Å²) in [6, 6.07) is 0. The Bertz CT molecular complexity index is 598. The first-order chi connectivity index (χ1) is 10.0. The normalized spacial score (nSPS) is 24.5. The second-order valence-corrected chi connectivity index (χ2v) is 5.31. The second-order valence-electron chi connectivity index (χ2n) is 4.13. The molecule has 0 amide bonds. The van der Waals surface area contributed by atoms with Gasteiger partial charge in [0, 0.05) is 0 Å². The summed E-state index contributed by atoms with van der Waals surface area (Å²) >= 11 is 7.28. The molecule has 0 radical (unpaired) electrons. The van der Waals surface area contributed by atoms with Gasteiger partial charge in [-0.2, -0.15) is 8.78 Å². The van der Waals surface area contributed by atoms with Crippen molar-refractivity contribution in [3.05, 3.63) is 41.2 Å². The van der Waals surface area contributed by atoms with Crippen LogP contribution in [0.5, 0.6) is 0 Å². The van der Waals surface area contributed by atoms with Crippen molar-refractivity contribution >= 4 is 29.6 Å². The molecule has 0 spiro atoms. The van der Waals surface area contributed by atoms with Crippen LogP contribution in [0.15, 0.2) is 35.7 Å². The topological polar surface area (TPSA) is 52.1 Å². The summed E-state index contributed by atoms with van der Waals surface area (Å²) in [5.41, 5.74) is -1.70. The summed E-state index contributed by atoms with van der Waals surface area (Å²) in [5, 5.41) is 0.402. The Kier molecular flexibility index (Phi) is 5.08. The van der Waals surface area contributed by atoms with Crippen molar-refractivity contribution < 1.29 is 18.3 Å². The molecule has 1 aromatic rings. The van der Waals surface area contributed by atoms with Crippen LogP contribution in [0.25, 0.3) is 0 Å². The number of carbonyl (C=O) groups excluding carboxylic acids is 1. The highest BCUT2D eigenvalue weighted by molar-refractivity contribution is 7.98. The molecule has 0 N–H and O–H groups in total. The maximum atomic E-state index is 12.9. The number of allylic oxidation sites excluding steroid dienone is 2. The molecule has 1 aliphatic rings. The molecule has 112 valence electrons. The van der Waals surface area contributed by atoms with E-state index in [2.05, 4.69) is 9.97 Å². The number of carbonyl (C=O) groups is 1. The van der Waals surface area contributed by atoms with Crippen LogP contribution in [0.1, 0.15) is 5.69 Å². The lowest BCUT2D eigenvalue weighted by atomic mass is 9.81. The van der Waals surface area contributed by atoms with Gasteiger partial charge in [-0.05, 0) is 12.3 Å². The Morgan fingerprint density at radius 2 is 2.29 bits per heavy atom. The van der Waals surface area contributed by atoms with Crippen molar-refractivity contribution in [3.63, 3.8) is 0 Å². The van der Waals surface area contributed by atoms with Crippen LogP contribution in [0.3, 0.4) is 0 Å². The predicted octanol–water partition coefficient (Wildman–Crippen LogP) is 3.23. The zero-order valence-corrected chi connectivity index (χ0v) is 12.4. The van der Waals surface area contributed by atoms with E-state index in [4.69, 9.17) is 16.3 Å². The van der Waals surface area contributed by atoms with Gasteiger partial charge < -0.3 is 9.53 Å². The van der Waals surface area contributed by atoms with E-state index in [0.29, 0.717) is 11.4 Å². The Morgan fingerprint density at radius 1 is 1.52 bits per heavy atom. The minimum Gasteiger partial charge on any atom is -0.304 e. The molecule has 8 heteroatoms. The number of thioether (sulfide) groups is 1. The first kappa shape index (κ1) is 16.1. The van der Waals surface area contributed by atoms with E-state index in [1.165, 1.54) is 36.2 Å². The highest BCUT2D eigenvalue weighted by atomic mass is 35.5. The van der Waals surface area contributed by atoms with Crippen LogP contribution >= 0.6 is 23.4 Å². The SMILES string of the molecule is CSc1ncc(Cl)c(C2(OC(F)F)C=CC=CC2C=O)n1. The van der Waals surface area contributed by atoms with E-state index in [1.807, 2.05) is 0 Å². The fraction of sp³-hybridized carbons (Fsp3) is 0.308. The number of rotatable bonds is 5. The van der Waals surface area contributed by atoms with Crippen molar-refractivity contribution in [1.82, 2.24) is 9.97 Å². The molecule has 21 heavy (non-hydrogen) atoms. The van der Waals surface area contributed by atoms with E-state index in [-0.39, 0.29) is 10.7 Å². The molecule has 0 saturated carbocycles. The number of aromatic nitrogens is 2. The first-order valence-corrected chi connectivity index (χ1v) is 7.48. The summed E-state index contributed by atoms with van der Waals surface area (Å²) in [5.74, 6) is -0.960. The number of hydrogen-bond donors (Lipinski definition) is 0.